The lowest BCUT2D eigenvalue weighted by Crippen LogP contribution is -2.13. The molecule has 0 bridgehead atoms. The van der Waals surface area contributed by atoms with Crippen molar-refractivity contribution in [3.63, 3.8) is 0 Å². The number of hydrogen-bond acceptors (Lipinski definition) is 3. The van der Waals surface area contributed by atoms with Gasteiger partial charge in [-0.3, -0.25) is 4.98 Å². The molecule has 0 saturated heterocycles. The van der Waals surface area contributed by atoms with Crippen LogP contribution in [-0.4, -0.2) is 4.98 Å². The van der Waals surface area contributed by atoms with Gasteiger partial charge in [0.2, 0.25) is 0 Å². The van der Waals surface area contributed by atoms with E-state index in [-0.39, 0.29) is 6.04 Å². The average molecular weight is 202 g/mol. The molecule has 2 rings (SSSR count). The Balaban J connectivity index is 2.08. The van der Waals surface area contributed by atoms with Crippen LogP contribution in [-0.2, 0) is 6.42 Å². The summed E-state index contributed by atoms with van der Waals surface area (Å²) in [4.78, 5) is 4.22. The zero-order chi connectivity index (χ0) is 10.7. The van der Waals surface area contributed by atoms with E-state index in [9.17, 15) is 0 Å². The molecule has 2 aromatic heterocycles. The van der Waals surface area contributed by atoms with Crippen LogP contribution >= 0.6 is 0 Å². The first-order valence-electron chi connectivity index (χ1n) is 4.96. The highest BCUT2D eigenvalue weighted by atomic mass is 16.3. The first-order valence-corrected chi connectivity index (χ1v) is 4.96. The predicted octanol–water partition coefficient (Wildman–Crippen LogP) is 2.23. The van der Waals surface area contributed by atoms with Gasteiger partial charge in [0, 0.05) is 24.4 Å². The Labute approximate surface area is 88.9 Å². The molecule has 3 nitrogen and oxygen atoms in total. The third-order valence-electron chi connectivity index (χ3n) is 2.36. The van der Waals surface area contributed by atoms with Gasteiger partial charge in [-0.15, -0.1) is 0 Å². The minimum absolute atomic E-state index is 0.0516. The normalized spacial score (nSPS) is 12.7. The van der Waals surface area contributed by atoms with Crippen LogP contribution < -0.4 is 5.73 Å². The molecule has 2 N–H and O–H groups in total. The Morgan fingerprint density at radius 2 is 2.27 bits per heavy atom. The van der Waals surface area contributed by atoms with Crippen LogP contribution in [0.4, 0.5) is 0 Å². The lowest BCUT2D eigenvalue weighted by Gasteiger charge is -2.09. The summed E-state index contributed by atoms with van der Waals surface area (Å²) in [6, 6.07) is 7.73. The van der Waals surface area contributed by atoms with Gasteiger partial charge in [0.25, 0.3) is 0 Å². The Morgan fingerprint density at radius 3 is 2.87 bits per heavy atom. The molecule has 0 saturated carbocycles. The summed E-state index contributed by atoms with van der Waals surface area (Å²) in [6.07, 6.45) is 4.19. The summed E-state index contributed by atoms with van der Waals surface area (Å²) in [5, 5.41) is 0. The molecule has 0 aliphatic rings. The standard InChI is InChI=1S/C12H14N2O/c1-9-4-5-10(8-14-9)12(13)7-11-3-2-6-15-11/h2-6,8,12H,7,13H2,1H3. The average Bonchev–Trinajstić information content (AvgIpc) is 2.71. The second-order valence-electron chi connectivity index (χ2n) is 3.62. The maximum atomic E-state index is 6.04. The highest BCUT2D eigenvalue weighted by Crippen LogP contribution is 2.15. The van der Waals surface area contributed by atoms with Crippen molar-refractivity contribution in [3.8, 4) is 0 Å². The smallest absolute Gasteiger partial charge is 0.105 e. The first kappa shape index (κ1) is 9.93. The van der Waals surface area contributed by atoms with E-state index in [1.165, 1.54) is 0 Å². The van der Waals surface area contributed by atoms with Gasteiger partial charge in [-0.25, -0.2) is 0 Å². The lowest BCUT2D eigenvalue weighted by atomic mass is 10.1. The first-order chi connectivity index (χ1) is 7.25. The summed E-state index contributed by atoms with van der Waals surface area (Å²) in [7, 11) is 0. The van der Waals surface area contributed by atoms with Crippen molar-refractivity contribution in [2.45, 2.75) is 19.4 Å². The third-order valence-corrected chi connectivity index (χ3v) is 2.36. The fraction of sp³-hybridized carbons (Fsp3) is 0.250. The number of furan rings is 1. The van der Waals surface area contributed by atoms with Crippen molar-refractivity contribution < 1.29 is 4.42 Å². The van der Waals surface area contributed by atoms with Crippen molar-refractivity contribution in [2.75, 3.05) is 0 Å². The minimum Gasteiger partial charge on any atom is -0.469 e. The maximum Gasteiger partial charge on any atom is 0.105 e. The van der Waals surface area contributed by atoms with Crippen LogP contribution in [0.2, 0.25) is 0 Å². The SMILES string of the molecule is Cc1ccc(C(N)Cc2ccco2)cn1. The second kappa shape index (κ2) is 4.28. The van der Waals surface area contributed by atoms with Gasteiger partial charge >= 0.3 is 0 Å². The molecule has 1 atom stereocenters. The number of nitrogens with zero attached hydrogens (tertiary/aromatic N) is 1. The maximum absolute atomic E-state index is 6.04. The van der Waals surface area contributed by atoms with Crippen molar-refractivity contribution in [2.24, 2.45) is 5.73 Å². The monoisotopic (exact) mass is 202 g/mol. The lowest BCUT2D eigenvalue weighted by molar-refractivity contribution is 0.488. The molecule has 2 aromatic rings. The van der Waals surface area contributed by atoms with Crippen LogP contribution in [0.5, 0.6) is 0 Å². The predicted molar refractivity (Wildman–Crippen MR) is 58.3 cm³/mol. The molecule has 0 aromatic carbocycles. The zero-order valence-electron chi connectivity index (χ0n) is 8.68. The summed E-state index contributed by atoms with van der Waals surface area (Å²) in [6.45, 7) is 1.96. The van der Waals surface area contributed by atoms with Gasteiger partial charge in [0.05, 0.1) is 6.26 Å². The molecule has 78 valence electrons. The molecule has 0 aliphatic carbocycles. The molecule has 1 unspecified atom stereocenters. The topological polar surface area (TPSA) is 52.0 Å². The van der Waals surface area contributed by atoms with Gasteiger partial charge in [-0.05, 0) is 30.7 Å². The van der Waals surface area contributed by atoms with Crippen molar-refractivity contribution in [1.29, 1.82) is 0 Å². The zero-order valence-corrected chi connectivity index (χ0v) is 8.68. The Bertz CT molecular complexity index is 406. The number of nitrogens with two attached hydrogens (primary N) is 1. The van der Waals surface area contributed by atoms with Crippen LogP contribution in [0.25, 0.3) is 0 Å². The summed E-state index contributed by atoms with van der Waals surface area (Å²) >= 11 is 0. The summed E-state index contributed by atoms with van der Waals surface area (Å²) in [5.74, 6) is 0.906. The van der Waals surface area contributed by atoms with E-state index in [2.05, 4.69) is 4.98 Å². The van der Waals surface area contributed by atoms with Crippen LogP contribution in [0.3, 0.4) is 0 Å². The molecular weight excluding hydrogens is 188 g/mol. The van der Waals surface area contributed by atoms with Crippen molar-refractivity contribution in [1.82, 2.24) is 4.98 Å². The Morgan fingerprint density at radius 1 is 1.40 bits per heavy atom. The molecular formula is C12H14N2O. The molecule has 15 heavy (non-hydrogen) atoms. The fourth-order valence-electron chi connectivity index (χ4n) is 1.46. The van der Waals surface area contributed by atoms with Gasteiger partial charge in [0.1, 0.15) is 5.76 Å². The molecule has 3 heteroatoms. The highest BCUT2D eigenvalue weighted by molar-refractivity contribution is 5.18. The van der Waals surface area contributed by atoms with Crippen molar-refractivity contribution in [3.05, 3.63) is 53.7 Å². The molecule has 0 radical (unpaired) electrons. The summed E-state index contributed by atoms with van der Waals surface area (Å²) < 4.78 is 5.25. The highest BCUT2D eigenvalue weighted by Gasteiger charge is 2.08. The molecule has 0 amide bonds. The van der Waals surface area contributed by atoms with Gasteiger partial charge in [0.15, 0.2) is 0 Å². The summed E-state index contributed by atoms with van der Waals surface area (Å²) in [5.41, 5.74) is 8.08. The van der Waals surface area contributed by atoms with E-state index in [1.54, 1.807) is 6.26 Å². The van der Waals surface area contributed by atoms with E-state index in [0.29, 0.717) is 6.42 Å². The fourth-order valence-corrected chi connectivity index (χ4v) is 1.46. The van der Waals surface area contributed by atoms with E-state index < -0.39 is 0 Å². The Hall–Kier alpha value is -1.61. The van der Waals surface area contributed by atoms with Crippen LogP contribution in [0, 0.1) is 6.92 Å². The van der Waals surface area contributed by atoms with Crippen LogP contribution in [0.15, 0.2) is 41.1 Å². The minimum atomic E-state index is -0.0516. The largest absolute Gasteiger partial charge is 0.469 e. The quantitative estimate of drug-likeness (QED) is 0.830. The van der Waals surface area contributed by atoms with Gasteiger partial charge < -0.3 is 10.2 Å². The van der Waals surface area contributed by atoms with Gasteiger partial charge in [-0.2, -0.15) is 0 Å². The van der Waals surface area contributed by atoms with Gasteiger partial charge in [-0.1, -0.05) is 6.07 Å². The van der Waals surface area contributed by atoms with E-state index >= 15 is 0 Å². The molecule has 0 aliphatic heterocycles. The third kappa shape index (κ3) is 2.44. The molecule has 2 heterocycles. The number of pyridine rings is 1. The second-order valence-corrected chi connectivity index (χ2v) is 3.62. The van der Waals surface area contributed by atoms with E-state index in [0.717, 1.165) is 17.0 Å². The number of hydrogen-bond donors (Lipinski definition) is 1. The number of aromatic nitrogens is 1. The number of rotatable bonds is 3. The van der Waals surface area contributed by atoms with Crippen molar-refractivity contribution >= 4 is 0 Å². The molecule has 0 spiro atoms. The van der Waals surface area contributed by atoms with Crippen LogP contribution in [0.1, 0.15) is 23.1 Å². The van der Waals surface area contributed by atoms with E-state index in [4.69, 9.17) is 10.2 Å². The van der Waals surface area contributed by atoms with E-state index in [1.807, 2.05) is 37.4 Å². The number of aryl methyl sites for hydroxylation is 1. The Kier molecular flexibility index (Phi) is 2.83. The molecule has 0 fully saturated rings.